The number of nitriles is 1. The summed E-state index contributed by atoms with van der Waals surface area (Å²) in [4.78, 5) is 13.6. The van der Waals surface area contributed by atoms with E-state index in [4.69, 9.17) is 11.6 Å². The molecule has 4 saturated carbocycles. The molecule has 0 radical (unpaired) electrons. The highest BCUT2D eigenvalue weighted by Crippen LogP contribution is 2.74. The van der Waals surface area contributed by atoms with Crippen LogP contribution in [0.15, 0.2) is 17.3 Å². The Morgan fingerprint density at radius 3 is 2.75 bits per heavy atom. The summed E-state index contributed by atoms with van der Waals surface area (Å²) in [7, 11) is 0. The van der Waals surface area contributed by atoms with E-state index in [9.17, 15) is 10.1 Å². The highest BCUT2D eigenvalue weighted by Gasteiger charge is 2.67. The number of carbonyl (C=O) groups excluding carboxylic acids is 1. The van der Waals surface area contributed by atoms with Gasteiger partial charge in [0.2, 0.25) is 0 Å². The summed E-state index contributed by atoms with van der Waals surface area (Å²) < 4.78 is 1.57. The average Bonchev–Trinajstić information content (AvgIpc) is 3.11. The first-order valence-electron chi connectivity index (χ1n) is 12.7. The van der Waals surface area contributed by atoms with Crippen LogP contribution in [0.5, 0.6) is 0 Å². The van der Waals surface area contributed by atoms with Crippen molar-refractivity contribution in [2.24, 2.45) is 52.8 Å². The predicted octanol–water partition coefficient (Wildman–Crippen LogP) is 6.05. The minimum absolute atomic E-state index is 0.0224. The molecule has 32 heavy (non-hydrogen) atoms. The monoisotopic (exact) mass is 451 g/mol. The number of aromatic nitrogens is 2. The number of fused-ring (bicyclic) bond motifs is 7. The fraction of sp³-hybridized carbons (Fsp3) is 0.741. The minimum Gasteiger partial charge on any atom is -0.292 e. The molecule has 170 valence electrons. The van der Waals surface area contributed by atoms with Crippen LogP contribution < -0.4 is 0 Å². The second kappa shape index (κ2) is 7.20. The number of nitrogens with zero attached hydrogens (tertiary/aromatic N) is 3. The van der Waals surface area contributed by atoms with Crippen molar-refractivity contribution >= 4 is 17.4 Å². The zero-order chi connectivity index (χ0) is 22.4. The molecule has 0 aliphatic heterocycles. The molecule has 0 saturated heterocycles. The molecule has 5 heteroatoms. The highest BCUT2D eigenvalue weighted by molar-refractivity contribution is 6.30. The van der Waals surface area contributed by atoms with Gasteiger partial charge in [-0.25, -0.2) is 0 Å². The zero-order valence-electron chi connectivity index (χ0n) is 19.5. The summed E-state index contributed by atoms with van der Waals surface area (Å²) in [5, 5.41) is 13.6. The molecule has 4 fully saturated rings. The second-order valence-corrected chi connectivity index (χ2v) is 12.3. The van der Waals surface area contributed by atoms with Gasteiger partial charge in [0.15, 0.2) is 10.9 Å². The van der Waals surface area contributed by atoms with Gasteiger partial charge in [-0.2, -0.15) is 10.4 Å². The van der Waals surface area contributed by atoms with Crippen LogP contribution in [0.25, 0.3) is 0 Å². The van der Waals surface area contributed by atoms with E-state index in [1.807, 2.05) is 0 Å². The van der Waals surface area contributed by atoms with Gasteiger partial charge in [0.1, 0.15) is 18.2 Å². The Morgan fingerprint density at radius 2 is 2.00 bits per heavy atom. The Bertz CT molecular complexity index is 1050. The first kappa shape index (κ1) is 21.0. The number of halogens is 1. The lowest BCUT2D eigenvalue weighted by atomic mass is 9.48. The smallest absolute Gasteiger partial charge is 0.180 e. The first-order valence-corrected chi connectivity index (χ1v) is 13.1. The number of carbonyl (C=O) groups is 1. The fourth-order valence-corrected chi connectivity index (χ4v) is 9.39. The molecule has 0 spiro atoms. The van der Waals surface area contributed by atoms with Crippen LogP contribution in [0.4, 0.5) is 0 Å². The predicted molar refractivity (Wildman–Crippen MR) is 124 cm³/mol. The van der Waals surface area contributed by atoms with Gasteiger partial charge in [0.05, 0.1) is 0 Å². The Labute approximate surface area is 196 Å². The Morgan fingerprint density at radius 1 is 1.22 bits per heavy atom. The molecular formula is C27H34ClN3O. The third kappa shape index (κ3) is 2.86. The van der Waals surface area contributed by atoms with Crippen molar-refractivity contribution in [1.82, 2.24) is 9.78 Å². The molecule has 6 rings (SSSR count). The van der Waals surface area contributed by atoms with Crippen molar-refractivity contribution in [2.45, 2.75) is 72.3 Å². The average molecular weight is 452 g/mol. The van der Waals surface area contributed by atoms with Crippen LogP contribution in [-0.2, 0) is 11.3 Å². The highest BCUT2D eigenvalue weighted by atomic mass is 35.5. The lowest BCUT2D eigenvalue weighted by Gasteiger charge is -2.56. The lowest BCUT2D eigenvalue weighted by Crippen LogP contribution is -2.50. The quantitative estimate of drug-likeness (QED) is 0.562. The molecule has 1 unspecified atom stereocenters. The number of Topliss-reactive ketones (excluding diaryl/α,β-unsaturated/α-hetero) is 1. The van der Waals surface area contributed by atoms with E-state index in [-0.39, 0.29) is 22.9 Å². The van der Waals surface area contributed by atoms with Crippen molar-refractivity contribution in [3.05, 3.63) is 28.1 Å². The van der Waals surface area contributed by atoms with Crippen molar-refractivity contribution in [2.75, 3.05) is 0 Å². The topological polar surface area (TPSA) is 58.7 Å². The van der Waals surface area contributed by atoms with Gasteiger partial charge in [-0.05, 0) is 91.3 Å². The van der Waals surface area contributed by atoms with Crippen LogP contribution in [-0.4, -0.2) is 15.6 Å². The second-order valence-electron chi connectivity index (χ2n) is 11.9. The zero-order valence-corrected chi connectivity index (χ0v) is 20.2. The molecular weight excluding hydrogens is 418 g/mol. The molecule has 4 nitrogen and oxygen atoms in total. The summed E-state index contributed by atoms with van der Waals surface area (Å²) in [6.07, 6.45) is 11.1. The van der Waals surface area contributed by atoms with Crippen LogP contribution in [0.1, 0.15) is 71.3 Å². The molecule has 5 aliphatic carbocycles. The summed E-state index contributed by atoms with van der Waals surface area (Å²) in [6.45, 7) is 7.38. The standard InChI is InChI=1S/C27H34ClN3O/c1-14-4-6-18-16(10-14)5-7-20-19(18)8-9-27(3)24(20)22-15(2)23(22)25(27)21(32)13-31-12-17(11-29)26(28)30-31/h12,14-16,18-20,22,24H,4-10,13H2,1-3H3/t14-,15-,16+,18-,19+,20+,22+,24?,27-/m0/s1. The Balaban J connectivity index is 1.27. The van der Waals surface area contributed by atoms with E-state index in [1.54, 1.807) is 10.9 Å². The summed E-state index contributed by atoms with van der Waals surface area (Å²) >= 11 is 6.05. The third-order valence-corrected chi connectivity index (χ3v) is 10.7. The largest absolute Gasteiger partial charge is 0.292 e. The normalized spacial score (nSPS) is 44.2. The molecule has 1 aromatic heterocycles. The third-order valence-electron chi connectivity index (χ3n) is 10.4. The number of hydrogen-bond acceptors (Lipinski definition) is 3. The van der Waals surface area contributed by atoms with E-state index < -0.39 is 0 Å². The van der Waals surface area contributed by atoms with Gasteiger partial charge in [0.25, 0.3) is 0 Å². The van der Waals surface area contributed by atoms with Crippen LogP contribution in [0.3, 0.4) is 0 Å². The number of ketones is 1. The van der Waals surface area contributed by atoms with E-state index in [0.29, 0.717) is 23.3 Å². The number of hydrogen-bond donors (Lipinski definition) is 0. The molecule has 0 aromatic carbocycles. The first-order chi connectivity index (χ1) is 15.3. The van der Waals surface area contributed by atoms with Crippen molar-refractivity contribution in [3.63, 3.8) is 0 Å². The molecule has 0 N–H and O–H groups in total. The van der Waals surface area contributed by atoms with Crippen LogP contribution >= 0.6 is 11.6 Å². The summed E-state index contributed by atoms with van der Waals surface area (Å²) in [5.74, 6) is 6.51. The lowest BCUT2D eigenvalue weighted by molar-refractivity contribution is -0.119. The molecule has 1 aromatic rings. The SMILES string of the molecule is C[C@H]1CC[C@H]2[C@H](CC[C@H]3C4[C@H]5C(=C(C(=O)Cn6cc(C#N)c(Cl)n6)[C@@]4(C)CC[C@H]23)[C@H]5C)C1. The molecule has 1 heterocycles. The summed E-state index contributed by atoms with van der Waals surface area (Å²) in [6, 6.07) is 2.05. The molecule has 9 atom stereocenters. The Hall–Kier alpha value is -1.60. The van der Waals surface area contributed by atoms with Gasteiger partial charge in [-0.1, -0.05) is 44.4 Å². The van der Waals surface area contributed by atoms with Gasteiger partial charge < -0.3 is 0 Å². The maximum Gasteiger partial charge on any atom is 0.180 e. The molecule has 0 bridgehead atoms. The fourth-order valence-electron chi connectivity index (χ4n) is 9.20. The van der Waals surface area contributed by atoms with Crippen molar-refractivity contribution < 1.29 is 4.79 Å². The van der Waals surface area contributed by atoms with Gasteiger partial charge in [-0.15, -0.1) is 0 Å². The Kier molecular flexibility index (Phi) is 4.72. The minimum atomic E-state index is 0.0224. The van der Waals surface area contributed by atoms with Crippen molar-refractivity contribution in [3.8, 4) is 6.07 Å². The molecule has 5 aliphatic rings. The van der Waals surface area contributed by atoms with Crippen LogP contribution in [0, 0.1) is 64.1 Å². The van der Waals surface area contributed by atoms with Gasteiger partial charge >= 0.3 is 0 Å². The number of allylic oxidation sites excluding steroid dienone is 2. The summed E-state index contributed by atoms with van der Waals surface area (Å²) in [5.41, 5.74) is 2.95. The van der Waals surface area contributed by atoms with Gasteiger partial charge in [-0.3, -0.25) is 9.48 Å². The van der Waals surface area contributed by atoms with Gasteiger partial charge in [0, 0.05) is 11.8 Å². The van der Waals surface area contributed by atoms with E-state index in [1.165, 1.54) is 44.1 Å². The van der Waals surface area contributed by atoms with Crippen molar-refractivity contribution in [1.29, 1.82) is 5.26 Å². The number of rotatable bonds is 3. The van der Waals surface area contributed by atoms with E-state index in [2.05, 4.69) is 31.9 Å². The van der Waals surface area contributed by atoms with E-state index >= 15 is 0 Å². The maximum atomic E-state index is 13.6. The molecule has 0 amide bonds. The van der Waals surface area contributed by atoms with Crippen LogP contribution in [0.2, 0.25) is 5.15 Å². The van der Waals surface area contributed by atoms with E-state index in [0.717, 1.165) is 41.6 Å². The maximum absolute atomic E-state index is 13.6.